The number of hydrogen-bond donors (Lipinski definition) is 1. The van der Waals surface area contributed by atoms with E-state index in [1.807, 2.05) is 6.92 Å². The van der Waals surface area contributed by atoms with E-state index in [4.69, 9.17) is 0 Å². The molecule has 2 nitrogen and oxygen atoms in total. The summed E-state index contributed by atoms with van der Waals surface area (Å²) in [7, 11) is 0. The van der Waals surface area contributed by atoms with Crippen LogP contribution in [0.15, 0.2) is 29.6 Å². The molecule has 0 bridgehead atoms. The number of aliphatic hydroxyl groups is 1. The summed E-state index contributed by atoms with van der Waals surface area (Å²) in [5, 5.41) is 12.6. The number of nitrogens with zero attached hydrogens (tertiary/aromatic N) is 1. The standard InChI is InChI=1S/C13H12F3NOS/c1-8-17-11(7-19-8)6-12(18)9-3-2-4-10(5-9)13(14,15)16/h2-5,7,12,18H,6H2,1H3. The maximum atomic E-state index is 12.6. The molecule has 1 aromatic heterocycles. The fourth-order valence-electron chi connectivity index (χ4n) is 1.74. The minimum atomic E-state index is -4.40. The van der Waals surface area contributed by atoms with Crippen LogP contribution < -0.4 is 0 Å². The number of hydrogen-bond acceptors (Lipinski definition) is 3. The zero-order valence-electron chi connectivity index (χ0n) is 10.1. The molecule has 1 heterocycles. The molecule has 0 radical (unpaired) electrons. The average molecular weight is 287 g/mol. The Bertz CT molecular complexity index is 565. The Morgan fingerprint density at radius 3 is 2.68 bits per heavy atom. The summed E-state index contributed by atoms with van der Waals surface area (Å²) in [6.07, 6.45) is -5.16. The zero-order valence-corrected chi connectivity index (χ0v) is 10.9. The van der Waals surface area contributed by atoms with Crippen molar-refractivity contribution in [2.75, 3.05) is 0 Å². The maximum absolute atomic E-state index is 12.6. The number of aliphatic hydroxyl groups excluding tert-OH is 1. The van der Waals surface area contributed by atoms with Gasteiger partial charge in [0, 0.05) is 11.8 Å². The molecule has 1 aromatic carbocycles. The van der Waals surface area contributed by atoms with E-state index in [2.05, 4.69) is 4.98 Å². The van der Waals surface area contributed by atoms with E-state index < -0.39 is 17.8 Å². The van der Waals surface area contributed by atoms with Gasteiger partial charge in [-0.3, -0.25) is 0 Å². The summed E-state index contributed by atoms with van der Waals surface area (Å²) < 4.78 is 37.7. The first-order valence-electron chi connectivity index (χ1n) is 5.62. The molecule has 1 atom stereocenters. The minimum Gasteiger partial charge on any atom is -0.388 e. The third-order valence-electron chi connectivity index (χ3n) is 2.67. The molecule has 0 aliphatic carbocycles. The molecule has 2 rings (SSSR count). The van der Waals surface area contributed by atoms with E-state index >= 15 is 0 Å². The average Bonchev–Trinajstić information content (AvgIpc) is 2.74. The predicted octanol–water partition coefficient (Wildman–Crippen LogP) is 3.75. The summed E-state index contributed by atoms with van der Waals surface area (Å²) in [6.45, 7) is 1.84. The second kappa shape index (κ2) is 5.30. The molecule has 0 saturated heterocycles. The van der Waals surface area contributed by atoms with Gasteiger partial charge in [0.15, 0.2) is 0 Å². The summed E-state index contributed by atoms with van der Waals surface area (Å²) in [6, 6.07) is 4.75. The van der Waals surface area contributed by atoms with Crippen molar-refractivity contribution < 1.29 is 18.3 Å². The van der Waals surface area contributed by atoms with Gasteiger partial charge in [0.2, 0.25) is 0 Å². The smallest absolute Gasteiger partial charge is 0.388 e. The molecule has 0 aliphatic heterocycles. The minimum absolute atomic E-state index is 0.214. The number of rotatable bonds is 3. The first-order chi connectivity index (χ1) is 8.86. The number of halogens is 3. The summed E-state index contributed by atoms with van der Waals surface area (Å²) >= 11 is 1.45. The van der Waals surface area contributed by atoms with Gasteiger partial charge in [-0.1, -0.05) is 12.1 Å². The van der Waals surface area contributed by atoms with Crippen molar-refractivity contribution in [3.8, 4) is 0 Å². The van der Waals surface area contributed by atoms with Gasteiger partial charge in [0.25, 0.3) is 0 Å². The Morgan fingerprint density at radius 2 is 2.11 bits per heavy atom. The first-order valence-corrected chi connectivity index (χ1v) is 6.50. The molecule has 1 N–H and O–H groups in total. The van der Waals surface area contributed by atoms with Gasteiger partial charge in [-0.25, -0.2) is 4.98 Å². The summed E-state index contributed by atoms with van der Waals surface area (Å²) in [4.78, 5) is 4.18. The van der Waals surface area contributed by atoms with Crippen molar-refractivity contribution in [1.82, 2.24) is 4.98 Å². The highest BCUT2D eigenvalue weighted by Crippen LogP contribution is 2.31. The lowest BCUT2D eigenvalue weighted by Gasteiger charge is -2.12. The normalized spacial score (nSPS) is 13.5. The van der Waals surface area contributed by atoms with Crippen LogP contribution in [0.2, 0.25) is 0 Å². The predicted molar refractivity (Wildman–Crippen MR) is 67.0 cm³/mol. The van der Waals surface area contributed by atoms with Crippen molar-refractivity contribution in [3.63, 3.8) is 0 Å². The molecule has 0 fully saturated rings. The molecular weight excluding hydrogens is 275 g/mol. The van der Waals surface area contributed by atoms with Gasteiger partial charge in [-0.15, -0.1) is 11.3 Å². The van der Waals surface area contributed by atoms with Gasteiger partial charge in [0.05, 0.1) is 22.4 Å². The van der Waals surface area contributed by atoms with Gasteiger partial charge in [-0.2, -0.15) is 13.2 Å². The van der Waals surface area contributed by atoms with E-state index in [0.717, 1.165) is 17.1 Å². The zero-order chi connectivity index (χ0) is 14.0. The molecule has 1 unspecified atom stereocenters. The third-order valence-corrected chi connectivity index (χ3v) is 3.49. The molecule has 0 amide bonds. The summed E-state index contributed by atoms with van der Waals surface area (Å²) in [5.41, 5.74) is 0.186. The molecule has 0 spiro atoms. The molecule has 2 aromatic rings. The van der Waals surface area contributed by atoms with Crippen LogP contribution in [0.5, 0.6) is 0 Å². The molecular formula is C13H12F3NOS. The van der Waals surface area contributed by atoms with Crippen molar-refractivity contribution in [2.45, 2.75) is 25.6 Å². The Morgan fingerprint density at radius 1 is 1.37 bits per heavy atom. The first kappa shape index (κ1) is 14.0. The van der Waals surface area contributed by atoms with Crippen molar-refractivity contribution >= 4 is 11.3 Å². The van der Waals surface area contributed by atoms with Gasteiger partial charge in [-0.05, 0) is 24.6 Å². The number of alkyl halides is 3. The lowest BCUT2D eigenvalue weighted by molar-refractivity contribution is -0.137. The molecule has 0 aliphatic rings. The van der Waals surface area contributed by atoms with Crippen molar-refractivity contribution in [2.24, 2.45) is 0 Å². The second-order valence-electron chi connectivity index (χ2n) is 4.20. The molecule has 6 heteroatoms. The number of aryl methyl sites for hydroxylation is 1. The fourth-order valence-corrected chi connectivity index (χ4v) is 2.37. The van der Waals surface area contributed by atoms with E-state index in [0.29, 0.717) is 5.69 Å². The van der Waals surface area contributed by atoms with Crippen molar-refractivity contribution in [3.05, 3.63) is 51.5 Å². The van der Waals surface area contributed by atoms with Crippen LogP contribution in [0.1, 0.15) is 27.9 Å². The van der Waals surface area contributed by atoms with Gasteiger partial charge < -0.3 is 5.11 Å². The van der Waals surface area contributed by atoms with Crippen LogP contribution in [0.4, 0.5) is 13.2 Å². The lowest BCUT2D eigenvalue weighted by atomic mass is 10.0. The Labute approximate surface area is 112 Å². The number of thiazole rings is 1. The Balaban J connectivity index is 2.17. The molecule has 102 valence electrons. The van der Waals surface area contributed by atoms with E-state index in [1.165, 1.54) is 23.5 Å². The van der Waals surface area contributed by atoms with Crippen LogP contribution in [0.25, 0.3) is 0 Å². The van der Waals surface area contributed by atoms with E-state index in [9.17, 15) is 18.3 Å². The van der Waals surface area contributed by atoms with Gasteiger partial charge in [0.1, 0.15) is 0 Å². The van der Waals surface area contributed by atoms with Crippen LogP contribution in [-0.4, -0.2) is 10.1 Å². The highest BCUT2D eigenvalue weighted by Gasteiger charge is 2.30. The highest BCUT2D eigenvalue weighted by atomic mass is 32.1. The number of aromatic nitrogens is 1. The van der Waals surface area contributed by atoms with E-state index in [-0.39, 0.29) is 12.0 Å². The quantitative estimate of drug-likeness (QED) is 0.932. The third kappa shape index (κ3) is 3.54. The highest BCUT2D eigenvalue weighted by molar-refractivity contribution is 7.09. The van der Waals surface area contributed by atoms with Crippen LogP contribution in [0.3, 0.4) is 0 Å². The summed E-state index contributed by atoms with van der Waals surface area (Å²) in [5.74, 6) is 0. The Hall–Kier alpha value is -1.40. The van der Waals surface area contributed by atoms with E-state index in [1.54, 1.807) is 5.38 Å². The SMILES string of the molecule is Cc1nc(CC(O)c2cccc(C(F)(F)F)c2)cs1. The van der Waals surface area contributed by atoms with Crippen LogP contribution in [-0.2, 0) is 12.6 Å². The number of benzene rings is 1. The van der Waals surface area contributed by atoms with Gasteiger partial charge >= 0.3 is 6.18 Å². The fraction of sp³-hybridized carbons (Fsp3) is 0.308. The monoisotopic (exact) mass is 287 g/mol. The largest absolute Gasteiger partial charge is 0.416 e. The molecule has 0 saturated carbocycles. The second-order valence-corrected chi connectivity index (χ2v) is 5.26. The van der Waals surface area contributed by atoms with Crippen LogP contribution in [0, 0.1) is 6.92 Å². The molecule has 19 heavy (non-hydrogen) atoms. The topological polar surface area (TPSA) is 33.1 Å². The van der Waals surface area contributed by atoms with Crippen molar-refractivity contribution in [1.29, 1.82) is 0 Å². The Kier molecular flexibility index (Phi) is 3.91. The lowest BCUT2D eigenvalue weighted by Crippen LogP contribution is -2.08. The maximum Gasteiger partial charge on any atom is 0.416 e. The van der Waals surface area contributed by atoms with Crippen LogP contribution >= 0.6 is 11.3 Å².